The maximum atomic E-state index is 12.1. The molecule has 0 amide bonds. The summed E-state index contributed by atoms with van der Waals surface area (Å²) in [6, 6.07) is 10.9. The highest BCUT2D eigenvalue weighted by atomic mass is 35.5. The van der Waals surface area contributed by atoms with Crippen molar-refractivity contribution in [3.63, 3.8) is 0 Å². The van der Waals surface area contributed by atoms with Gasteiger partial charge < -0.3 is 0 Å². The number of carbonyl (C=O) groups is 1. The van der Waals surface area contributed by atoms with E-state index in [9.17, 15) is 4.79 Å². The molecule has 5 nitrogen and oxygen atoms in total. The molecule has 0 saturated heterocycles. The number of thiophene rings is 1. The number of tetrazole rings is 1. The summed E-state index contributed by atoms with van der Waals surface area (Å²) in [6.07, 6.45) is 0. The van der Waals surface area contributed by atoms with Crippen molar-refractivity contribution in [1.29, 1.82) is 0 Å². The highest BCUT2D eigenvalue weighted by molar-refractivity contribution is 7.14. The standard InChI is InChI=1S/C14H11ClN4OS/c1-9-2-7-13(21-9)12(20)8-19-17-14(16-18-19)10-3-5-11(15)6-4-10/h2-7H,8H2,1H3. The van der Waals surface area contributed by atoms with Gasteiger partial charge in [-0.25, -0.2) is 0 Å². The van der Waals surface area contributed by atoms with Crippen LogP contribution in [-0.2, 0) is 6.54 Å². The van der Waals surface area contributed by atoms with Crippen molar-refractivity contribution in [1.82, 2.24) is 20.2 Å². The summed E-state index contributed by atoms with van der Waals surface area (Å²) in [5, 5.41) is 12.7. The van der Waals surface area contributed by atoms with Gasteiger partial charge in [0.05, 0.1) is 4.88 Å². The Kier molecular flexibility index (Phi) is 3.81. The van der Waals surface area contributed by atoms with Crippen molar-refractivity contribution in [2.75, 3.05) is 0 Å². The summed E-state index contributed by atoms with van der Waals surface area (Å²) in [5.41, 5.74) is 0.810. The van der Waals surface area contributed by atoms with Crippen molar-refractivity contribution in [3.05, 3.63) is 51.2 Å². The predicted octanol–water partition coefficient (Wildman–Crippen LogP) is 3.25. The third kappa shape index (κ3) is 3.17. The van der Waals surface area contributed by atoms with E-state index in [1.165, 1.54) is 16.1 Å². The van der Waals surface area contributed by atoms with Gasteiger partial charge in [-0.15, -0.1) is 21.5 Å². The summed E-state index contributed by atoms with van der Waals surface area (Å²) < 4.78 is 0. The second-order valence-electron chi connectivity index (χ2n) is 4.48. The fourth-order valence-corrected chi connectivity index (χ4v) is 2.74. The van der Waals surface area contributed by atoms with Crippen LogP contribution in [0.25, 0.3) is 11.4 Å². The van der Waals surface area contributed by atoms with Gasteiger partial charge in [0, 0.05) is 15.5 Å². The second-order valence-corrected chi connectivity index (χ2v) is 6.21. The van der Waals surface area contributed by atoms with Gasteiger partial charge in [-0.05, 0) is 48.5 Å². The number of aryl methyl sites for hydroxylation is 1. The van der Waals surface area contributed by atoms with Crippen LogP contribution in [0, 0.1) is 6.92 Å². The first-order valence-corrected chi connectivity index (χ1v) is 7.44. The summed E-state index contributed by atoms with van der Waals surface area (Å²) in [6.45, 7) is 2.05. The van der Waals surface area contributed by atoms with E-state index >= 15 is 0 Å². The number of carbonyl (C=O) groups excluding carboxylic acids is 1. The van der Waals surface area contributed by atoms with Crippen molar-refractivity contribution < 1.29 is 4.79 Å². The number of aromatic nitrogens is 4. The lowest BCUT2D eigenvalue weighted by molar-refractivity contribution is 0.0965. The van der Waals surface area contributed by atoms with Gasteiger partial charge in [0.2, 0.25) is 5.82 Å². The molecule has 0 radical (unpaired) electrons. The first-order chi connectivity index (χ1) is 10.1. The van der Waals surface area contributed by atoms with Crippen LogP contribution in [-0.4, -0.2) is 26.0 Å². The Morgan fingerprint density at radius 2 is 2.00 bits per heavy atom. The molecule has 21 heavy (non-hydrogen) atoms. The van der Waals surface area contributed by atoms with Crippen LogP contribution in [0.15, 0.2) is 36.4 Å². The van der Waals surface area contributed by atoms with E-state index in [1.54, 1.807) is 12.1 Å². The molecule has 0 unspecified atom stereocenters. The minimum absolute atomic E-state index is 0.0202. The molecule has 0 N–H and O–H groups in total. The van der Waals surface area contributed by atoms with Gasteiger partial charge in [-0.3, -0.25) is 4.79 Å². The summed E-state index contributed by atoms with van der Waals surface area (Å²) >= 11 is 7.30. The lowest BCUT2D eigenvalue weighted by Crippen LogP contribution is -2.12. The Labute approximate surface area is 130 Å². The Morgan fingerprint density at radius 1 is 1.24 bits per heavy atom. The zero-order valence-electron chi connectivity index (χ0n) is 11.2. The maximum Gasteiger partial charge on any atom is 0.204 e. The Bertz CT molecular complexity index is 778. The van der Waals surface area contributed by atoms with Crippen LogP contribution >= 0.6 is 22.9 Å². The molecule has 0 aliphatic carbocycles. The molecular formula is C14H11ClN4OS. The number of benzene rings is 1. The molecule has 3 aromatic rings. The minimum atomic E-state index is -0.0202. The lowest BCUT2D eigenvalue weighted by Gasteiger charge is -1.96. The van der Waals surface area contributed by atoms with E-state index in [-0.39, 0.29) is 12.3 Å². The second kappa shape index (κ2) is 5.75. The molecule has 1 aromatic carbocycles. The molecule has 106 valence electrons. The molecule has 0 aliphatic rings. The molecular weight excluding hydrogens is 308 g/mol. The molecule has 0 spiro atoms. The van der Waals surface area contributed by atoms with Gasteiger partial charge >= 0.3 is 0 Å². The van der Waals surface area contributed by atoms with Crippen LogP contribution < -0.4 is 0 Å². The minimum Gasteiger partial charge on any atom is -0.291 e. The van der Waals surface area contributed by atoms with E-state index in [1.807, 2.05) is 31.2 Å². The van der Waals surface area contributed by atoms with Crippen LogP contribution in [0.5, 0.6) is 0 Å². The molecule has 3 rings (SSSR count). The predicted molar refractivity (Wildman–Crippen MR) is 81.6 cm³/mol. The third-order valence-electron chi connectivity index (χ3n) is 2.86. The number of rotatable bonds is 4. The molecule has 0 bridgehead atoms. The molecule has 7 heteroatoms. The molecule has 0 aliphatic heterocycles. The van der Waals surface area contributed by atoms with E-state index < -0.39 is 0 Å². The first-order valence-electron chi connectivity index (χ1n) is 6.25. The summed E-state index contributed by atoms with van der Waals surface area (Å²) in [4.78, 5) is 15.2. The Hall–Kier alpha value is -2.05. The van der Waals surface area contributed by atoms with Gasteiger partial charge in [-0.2, -0.15) is 4.80 Å². The highest BCUT2D eigenvalue weighted by Gasteiger charge is 2.12. The normalized spacial score (nSPS) is 10.8. The zero-order chi connectivity index (χ0) is 14.8. The van der Waals surface area contributed by atoms with Crippen LogP contribution in [0.1, 0.15) is 14.5 Å². The van der Waals surface area contributed by atoms with Crippen LogP contribution in [0.2, 0.25) is 5.02 Å². The number of halogens is 1. The van der Waals surface area contributed by atoms with Crippen molar-refractivity contribution in [2.45, 2.75) is 13.5 Å². The fourth-order valence-electron chi connectivity index (χ4n) is 1.82. The van der Waals surface area contributed by atoms with Gasteiger partial charge in [0.15, 0.2) is 5.78 Å². The van der Waals surface area contributed by atoms with E-state index in [2.05, 4.69) is 15.4 Å². The number of Topliss-reactive ketones (excluding diaryl/α,β-unsaturated/α-hetero) is 1. The molecule has 2 aromatic heterocycles. The average molecular weight is 319 g/mol. The van der Waals surface area contributed by atoms with E-state index in [0.29, 0.717) is 15.7 Å². The van der Waals surface area contributed by atoms with E-state index in [4.69, 9.17) is 11.6 Å². The van der Waals surface area contributed by atoms with Crippen LogP contribution in [0.4, 0.5) is 0 Å². The topological polar surface area (TPSA) is 60.7 Å². The largest absolute Gasteiger partial charge is 0.291 e. The third-order valence-corrected chi connectivity index (χ3v) is 4.15. The lowest BCUT2D eigenvalue weighted by atomic mass is 10.2. The number of hydrogen-bond acceptors (Lipinski definition) is 5. The van der Waals surface area contributed by atoms with Crippen molar-refractivity contribution in [3.8, 4) is 11.4 Å². The fraction of sp³-hybridized carbons (Fsp3) is 0.143. The molecule has 0 saturated carbocycles. The van der Waals surface area contributed by atoms with Gasteiger partial charge in [0.1, 0.15) is 6.54 Å². The average Bonchev–Trinajstić information content (AvgIpc) is 3.09. The first kappa shape index (κ1) is 13.9. The van der Waals surface area contributed by atoms with E-state index in [0.717, 1.165) is 10.4 Å². The maximum absolute atomic E-state index is 12.1. The Balaban J connectivity index is 1.76. The molecule has 0 atom stereocenters. The number of nitrogens with zero attached hydrogens (tertiary/aromatic N) is 4. The molecule has 0 fully saturated rings. The number of ketones is 1. The molecule has 2 heterocycles. The van der Waals surface area contributed by atoms with Gasteiger partial charge in [-0.1, -0.05) is 11.6 Å². The van der Waals surface area contributed by atoms with Crippen LogP contribution in [0.3, 0.4) is 0 Å². The quantitative estimate of drug-likeness (QED) is 0.693. The van der Waals surface area contributed by atoms with Crippen molar-refractivity contribution in [2.24, 2.45) is 0 Å². The summed E-state index contributed by atoms with van der Waals surface area (Å²) in [5.74, 6) is 0.454. The SMILES string of the molecule is Cc1ccc(C(=O)Cn2nnc(-c3ccc(Cl)cc3)n2)s1. The monoisotopic (exact) mass is 318 g/mol. The zero-order valence-corrected chi connectivity index (χ0v) is 12.7. The van der Waals surface area contributed by atoms with Crippen molar-refractivity contribution >= 4 is 28.7 Å². The number of hydrogen-bond donors (Lipinski definition) is 0. The Morgan fingerprint density at radius 3 is 2.67 bits per heavy atom. The highest BCUT2D eigenvalue weighted by Crippen LogP contribution is 2.18. The summed E-state index contributed by atoms with van der Waals surface area (Å²) in [7, 11) is 0. The van der Waals surface area contributed by atoms with Gasteiger partial charge in [0.25, 0.3) is 0 Å². The smallest absolute Gasteiger partial charge is 0.204 e.